The van der Waals surface area contributed by atoms with Gasteiger partial charge >= 0.3 is 0 Å². The van der Waals surface area contributed by atoms with Gasteiger partial charge in [-0.15, -0.1) is 0 Å². The Morgan fingerprint density at radius 2 is 1.92 bits per heavy atom. The second-order valence-electron chi connectivity index (χ2n) is 5.73. The summed E-state index contributed by atoms with van der Waals surface area (Å²) >= 11 is 0. The summed E-state index contributed by atoms with van der Waals surface area (Å²) in [4.78, 5) is 4.36. The summed E-state index contributed by atoms with van der Waals surface area (Å²) in [6.45, 7) is 0.209. The maximum atomic E-state index is 10.3. The second kappa shape index (κ2) is 7.79. The summed E-state index contributed by atoms with van der Waals surface area (Å²) in [6, 6.07) is 16.9. The molecular weight excluding hydrogens is 318 g/mol. The normalized spacial score (nSPS) is 12.0. The predicted octanol–water partition coefficient (Wildman–Crippen LogP) is 2.03. The molecule has 0 aliphatic heterocycles. The van der Waals surface area contributed by atoms with Gasteiger partial charge in [0.05, 0.1) is 30.1 Å². The van der Waals surface area contributed by atoms with E-state index >= 15 is 0 Å². The molecule has 6 nitrogen and oxygen atoms in total. The number of hydrogen-bond donors (Lipinski definition) is 2. The van der Waals surface area contributed by atoms with Crippen LogP contribution in [0.15, 0.2) is 48.5 Å². The maximum absolute atomic E-state index is 10.3. The van der Waals surface area contributed by atoms with Gasteiger partial charge in [0.15, 0.2) is 0 Å². The van der Waals surface area contributed by atoms with Gasteiger partial charge in [-0.1, -0.05) is 24.3 Å². The van der Waals surface area contributed by atoms with Crippen LogP contribution in [0.2, 0.25) is 0 Å². The number of rotatable bonds is 7. The van der Waals surface area contributed by atoms with E-state index in [1.165, 1.54) is 0 Å². The highest BCUT2D eigenvalue weighted by Crippen LogP contribution is 2.17. The Balaban J connectivity index is 1.65. The third kappa shape index (κ3) is 3.97. The number of hydrogen-bond acceptors (Lipinski definition) is 5. The Morgan fingerprint density at radius 3 is 2.64 bits per heavy atom. The number of benzene rings is 2. The summed E-state index contributed by atoms with van der Waals surface area (Å²) in [6.07, 6.45) is -0.387. The minimum Gasteiger partial charge on any atom is -0.491 e. The van der Waals surface area contributed by atoms with Crippen LogP contribution < -0.4 is 4.74 Å². The quantitative estimate of drug-likeness (QED) is 0.688. The maximum Gasteiger partial charge on any atom is 0.135 e. The summed E-state index contributed by atoms with van der Waals surface area (Å²) in [5, 5.41) is 28.5. The zero-order valence-electron chi connectivity index (χ0n) is 13.7. The average molecular weight is 337 g/mol. The van der Waals surface area contributed by atoms with Gasteiger partial charge in [-0.2, -0.15) is 5.26 Å². The van der Waals surface area contributed by atoms with Crippen LogP contribution in [0.4, 0.5) is 0 Å². The van der Waals surface area contributed by atoms with E-state index in [9.17, 15) is 10.2 Å². The first kappa shape index (κ1) is 17.0. The number of aliphatic hydroxyl groups excluding tert-OH is 2. The van der Waals surface area contributed by atoms with Crippen molar-refractivity contribution in [2.75, 3.05) is 6.61 Å². The molecule has 2 N–H and O–H groups in total. The zero-order chi connectivity index (χ0) is 17.6. The average Bonchev–Trinajstić information content (AvgIpc) is 2.99. The number of ether oxygens (including phenoxy) is 1. The van der Waals surface area contributed by atoms with Crippen LogP contribution in [-0.2, 0) is 19.6 Å². The van der Waals surface area contributed by atoms with Crippen molar-refractivity contribution >= 4 is 11.0 Å². The van der Waals surface area contributed by atoms with Crippen molar-refractivity contribution in [3.63, 3.8) is 0 Å². The molecule has 0 bridgehead atoms. The Kier molecular flexibility index (Phi) is 5.29. The molecule has 0 amide bonds. The Labute approximate surface area is 145 Å². The molecule has 0 saturated carbocycles. The fourth-order valence-electron chi connectivity index (χ4n) is 2.70. The lowest BCUT2D eigenvalue weighted by molar-refractivity contribution is 0.0915. The number of aromatic nitrogens is 2. The number of nitriles is 1. The van der Waals surface area contributed by atoms with Crippen molar-refractivity contribution in [2.45, 2.75) is 25.7 Å². The standard InChI is InChI=1S/C19H19N3O3/c20-10-9-14-5-7-16(8-6-14)25-13-15(24)11-22-18-4-2-1-3-17(18)21-19(22)12-23/h1-8,15,23-24H,9,11-13H2. The van der Waals surface area contributed by atoms with E-state index in [0.717, 1.165) is 16.6 Å². The lowest BCUT2D eigenvalue weighted by Gasteiger charge is -2.15. The highest BCUT2D eigenvalue weighted by molar-refractivity contribution is 5.75. The first-order valence-electron chi connectivity index (χ1n) is 8.03. The van der Waals surface area contributed by atoms with E-state index in [-0.39, 0.29) is 19.8 Å². The molecular formula is C19H19N3O3. The molecule has 1 heterocycles. The molecule has 1 atom stereocenters. The van der Waals surface area contributed by atoms with Gasteiger partial charge in [0, 0.05) is 0 Å². The third-order valence-corrected chi connectivity index (χ3v) is 3.92. The molecule has 1 unspecified atom stereocenters. The van der Waals surface area contributed by atoms with E-state index in [1.54, 1.807) is 16.7 Å². The fourth-order valence-corrected chi connectivity index (χ4v) is 2.70. The van der Waals surface area contributed by atoms with Gasteiger partial charge in [-0.05, 0) is 29.8 Å². The molecule has 0 fully saturated rings. The van der Waals surface area contributed by atoms with Gasteiger partial charge in [-0.3, -0.25) is 0 Å². The van der Waals surface area contributed by atoms with Crippen LogP contribution in [0.3, 0.4) is 0 Å². The van der Waals surface area contributed by atoms with Crippen LogP contribution in [0.1, 0.15) is 11.4 Å². The van der Waals surface area contributed by atoms with E-state index in [0.29, 0.717) is 18.0 Å². The van der Waals surface area contributed by atoms with E-state index in [1.807, 2.05) is 36.4 Å². The van der Waals surface area contributed by atoms with Crippen molar-refractivity contribution < 1.29 is 14.9 Å². The molecule has 3 rings (SSSR count). The van der Waals surface area contributed by atoms with Crippen LogP contribution in [-0.4, -0.2) is 32.5 Å². The Bertz CT molecular complexity index is 881. The van der Waals surface area contributed by atoms with Gasteiger partial charge in [0.25, 0.3) is 0 Å². The molecule has 25 heavy (non-hydrogen) atoms. The number of nitrogens with zero attached hydrogens (tertiary/aromatic N) is 3. The van der Waals surface area contributed by atoms with Crippen molar-refractivity contribution in [3.8, 4) is 11.8 Å². The summed E-state index contributed by atoms with van der Waals surface area (Å²) in [5.74, 6) is 1.15. The monoisotopic (exact) mass is 337 g/mol. The summed E-state index contributed by atoms with van der Waals surface area (Å²) in [7, 11) is 0. The SMILES string of the molecule is N#CCc1ccc(OCC(O)Cn2c(CO)nc3ccccc32)cc1. The third-order valence-electron chi connectivity index (χ3n) is 3.92. The summed E-state index contributed by atoms with van der Waals surface area (Å²) in [5.41, 5.74) is 2.58. The minimum absolute atomic E-state index is 0.120. The molecule has 1 aromatic heterocycles. The molecule has 0 aliphatic carbocycles. The molecule has 0 saturated heterocycles. The number of fused-ring (bicyclic) bond motifs is 1. The lowest BCUT2D eigenvalue weighted by Crippen LogP contribution is -2.24. The van der Waals surface area contributed by atoms with Crippen LogP contribution >= 0.6 is 0 Å². The Morgan fingerprint density at radius 1 is 1.16 bits per heavy atom. The number of para-hydroxylation sites is 2. The lowest BCUT2D eigenvalue weighted by atomic mass is 10.2. The zero-order valence-corrected chi connectivity index (χ0v) is 13.7. The first-order valence-corrected chi connectivity index (χ1v) is 8.03. The van der Waals surface area contributed by atoms with Crippen molar-refractivity contribution in [1.29, 1.82) is 5.26 Å². The molecule has 2 aromatic carbocycles. The summed E-state index contributed by atoms with van der Waals surface area (Å²) < 4.78 is 7.41. The smallest absolute Gasteiger partial charge is 0.135 e. The molecule has 0 aliphatic rings. The molecule has 6 heteroatoms. The molecule has 128 valence electrons. The largest absolute Gasteiger partial charge is 0.491 e. The highest BCUT2D eigenvalue weighted by atomic mass is 16.5. The predicted molar refractivity (Wildman–Crippen MR) is 92.9 cm³/mol. The van der Waals surface area contributed by atoms with Gasteiger partial charge in [0.1, 0.15) is 30.9 Å². The van der Waals surface area contributed by atoms with Crippen LogP contribution in [0.25, 0.3) is 11.0 Å². The van der Waals surface area contributed by atoms with Crippen LogP contribution in [0.5, 0.6) is 5.75 Å². The van der Waals surface area contributed by atoms with E-state index in [2.05, 4.69) is 11.1 Å². The topological polar surface area (TPSA) is 91.3 Å². The first-order chi connectivity index (χ1) is 12.2. The van der Waals surface area contributed by atoms with E-state index < -0.39 is 6.10 Å². The van der Waals surface area contributed by atoms with Crippen molar-refractivity contribution in [3.05, 3.63) is 59.9 Å². The van der Waals surface area contributed by atoms with Crippen molar-refractivity contribution in [2.24, 2.45) is 0 Å². The van der Waals surface area contributed by atoms with Gasteiger partial charge in [0.2, 0.25) is 0 Å². The highest BCUT2D eigenvalue weighted by Gasteiger charge is 2.14. The van der Waals surface area contributed by atoms with E-state index in [4.69, 9.17) is 10.00 Å². The van der Waals surface area contributed by atoms with Crippen molar-refractivity contribution in [1.82, 2.24) is 9.55 Å². The van der Waals surface area contributed by atoms with Crippen LogP contribution in [0, 0.1) is 11.3 Å². The fraction of sp³-hybridized carbons (Fsp3) is 0.263. The Hall–Kier alpha value is -2.88. The molecule has 0 radical (unpaired) electrons. The van der Waals surface area contributed by atoms with Gasteiger partial charge < -0.3 is 19.5 Å². The molecule has 3 aromatic rings. The minimum atomic E-state index is -0.748. The van der Waals surface area contributed by atoms with Gasteiger partial charge in [-0.25, -0.2) is 4.98 Å². The number of imidazole rings is 1. The molecule has 0 spiro atoms. The number of aliphatic hydroxyl groups is 2. The second-order valence-corrected chi connectivity index (χ2v) is 5.73.